The van der Waals surface area contributed by atoms with E-state index in [4.69, 9.17) is 5.73 Å². The zero-order chi connectivity index (χ0) is 13.6. The SMILES string of the molecule is C=C(C)CNC(N)=NCC1(CC(C)C)CCCC1.I. The van der Waals surface area contributed by atoms with Crippen LogP contribution in [0.15, 0.2) is 17.1 Å². The lowest BCUT2D eigenvalue weighted by atomic mass is 9.78. The van der Waals surface area contributed by atoms with Crippen LogP contribution in [0.4, 0.5) is 0 Å². The molecule has 0 amide bonds. The molecule has 4 heteroatoms. The van der Waals surface area contributed by atoms with Gasteiger partial charge >= 0.3 is 0 Å². The Labute approximate surface area is 135 Å². The van der Waals surface area contributed by atoms with E-state index in [0.29, 0.717) is 17.9 Å². The molecule has 0 aliphatic heterocycles. The highest BCUT2D eigenvalue weighted by Crippen LogP contribution is 2.43. The van der Waals surface area contributed by atoms with Gasteiger partial charge in [0.05, 0.1) is 0 Å². The fourth-order valence-electron chi connectivity index (χ4n) is 2.97. The van der Waals surface area contributed by atoms with Crippen molar-refractivity contribution in [1.82, 2.24) is 5.32 Å². The summed E-state index contributed by atoms with van der Waals surface area (Å²) < 4.78 is 0. The Hall–Kier alpha value is -0.260. The first-order valence-corrected chi connectivity index (χ1v) is 7.12. The molecule has 19 heavy (non-hydrogen) atoms. The van der Waals surface area contributed by atoms with Crippen molar-refractivity contribution in [3.8, 4) is 0 Å². The number of halogens is 1. The summed E-state index contributed by atoms with van der Waals surface area (Å²) in [4.78, 5) is 4.55. The maximum atomic E-state index is 5.89. The molecule has 112 valence electrons. The van der Waals surface area contributed by atoms with Gasteiger partial charge in [-0.3, -0.25) is 4.99 Å². The molecule has 3 nitrogen and oxygen atoms in total. The molecule has 0 aromatic carbocycles. The minimum Gasteiger partial charge on any atom is -0.370 e. The second kappa shape index (κ2) is 8.82. The lowest BCUT2D eigenvalue weighted by Crippen LogP contribution is -2.34. The Kier molecular flexibility index (Phi) is 8.70. The molecule has 0 aromatic rings. The quantitative estimate of drug-likeness (QED) is 0.320. The number of aliphatic imine (C=N–C) groups is 1. The maximum Gasteiger partial charge on any atom is 0.188 e. The van der Waals surface area contributed by atoms with Crippen molar-refractivity contribution in [3.63, 3.8) is 0 Å². The summed E-state index contributed by atoms with van der Waals surface area (Å²) in [6.45, 7) is 12.0. The van der Waals surface area contributed by atoms with Crippen LogP contribution in [0.2, 0.25) is 0 Å². The van der Waals surface area contributed by atoms with Crippen molar-refractivity contribution in [2.24, 2.45) is 22.1 Å². The van der Waals surface area contributed by atoms with Crippen LogP contribution >= 0.6 is 24.0 Å². The van der Waals surface area contributed by atoms with E-state index in [1.165, 1.54) is 32.1 Å². The standard InChI is InChI=1S/C15H29N3.HI/c1-12(2)9-15(7-5-6-8-15)11-18-14(16)17-10-13(3)4;/h12H,3,5-11H2,1-2,4H3,(H3,16,17,18);1H. The molecule has 0 radical (unpaired) electrons. The van der Waals surface area contributed by atoms with Crippen molar-refractivity contribution in [2.45, 2.75) is 52.9 Å². The molecule has 1 aliphatic rings. The Bertz CT molecular complexity index is 305. The lowest BCUT2D eigenvalue weighted by Gasteiger charge is -2.29. The van der Waals surface area contributed by atoms with Gasteiger partial charge in [-0.25, -0.2) is 0 Å². The van der Waals surface area contributed by atoms with Crippen molar-refractivity contribution in [1.29, 1.82) is 0 Å². The van der Waals surface area contributed by atoms with E-state index in [-0.39, 0.29) is 24.0 Å². The van der Waals surface area contributed by atoms with Gasteiger partial charge in [0.25, 0.3) is 0 Å². The number of rotatable bonds is 6. The Morgan fingerprint density at radius 3 is 2.42 bits per heavy atom. The van der Waals surface area contributed by atoms with Gasteiger partial charge in [-0.05, 0) is 37.5 Å². The van der Waals surface area contributed by atoms with Crippen molar-refractivity contribution in [3.05, 3.63) is 12.2 Å². The first-order valence-electron chi connectivity index (χ1n) is 7.12. The summed E-state index contributed by atoms with van der Waals surface area (Å²) in [5, 5.41) is 3.10. The van der Waals surface area contributed by atoms with Crippen LogP contribution < -0.4 is 11.1 Å². The molecule has 0 bridgehead atoms. The van der Waals surface area contributed by atoms with E-state index in [2.05, 4.69) is 30.7 Å². The summed E-state index contributed by atoms with van der Waals surface area (Å²) in [5.74, 6) is 1.30. The summed E-state index contributed by atoms with van der Waals surface area (Å²) in [6, 6.07) is 0. The van der Waals surface area contributed by atoms with Gasteiger partial charge in [0.1, 0.15) is 0 Å². The van der Waals surface area contributed by atoms with E-state index < -0.39 is 0 Å². The minimum atomic E-state index is 0. The second-order valence-electron chi connectivity index (χ2n) is 6.32. The first kappa shape index (κ1) is 18.7. The van der Waals surface area contributed by atoms with Crippen LogP contribution in [0.25, 0.3) is 0 Å². The predicted molar refractivity (Wildman–Crippen MR) is 95.1 cm³/mol. The van der Waals surface area contributed by atoms with Crippen LogP contribution in [0.3, 0.4) is 0 Å². The number of hydrogen-bond acceptors (Lipinski definition) is 1. The molecule has 0 saturated heterocycles. The molecule has 1 rings (SSSR count). The normalized spacial score (nSPS) is 18.2. The number of guanidine groups is 1. The molecule has 0 heterocycles. The fraction of sp³-hybridized carbons (Fsp3) is 0.800. The molecule has 1 aliphatic carbocycles. The third-order valence-electron chi connectivity index (χ3n) is 3.66. The van der Waals surface area contributed by atoms with E-state index >= 15 is 0 Å². The van der Waals surface area contributed by atoms with Crippen molar-refractivity contribution in [2.75, 3.05) is 13.1 Å². The fourth-order valence-corrected chi connectivity index (χ4v) is 2.97. The lowest BCUT2D eigenvalue weighted by molar-refractivity contribution is 0.245. The first-order chi connectivity index (χ1) is 8.43. The van der Waals surface area contributed by atoms with Crippen molar-refractivity contribution < 1.29 is 0 Å². The van der Waals surface area contributed by atoms with Gasteiger partial charge < -0.3 is 11.1 Å². The van der Waals surface area contributed by atoms with Crippen LogP contribution in [-0.2, 0) is 0 Å². The maximum absolute atomic E-state index is 5.89. The highest BCUT2D eigenvalue weighted by Gasteiger charge is 2.34. The van der Waals surface area contributed by atoms with Gasteiger partial charge in [-0.1, -0.05) is 38.8 Å². The monoisotopic (exact) mass is 379 g/mol. The number of nitrogens with zero attached hydrogens (tertiary/aromatic N) is 1. The number of nitrogens with two attached hydrogens (primary N) is 1. The number of nitrogens with one attached hydrogen (secondary N) is 1. The molecular formula is C15H30IN3. The predicted octanol–water partition coefficient (Wildman–Crippen LogP) is 3.69. The van der Waals surface area contributed by atoms with Crippen LogP contribution in [0.5, 0.6) is 0 Å². The van der Waals surface area contributed by atoms with Crippen LogP contribution in [0, 0.1) is 11.3 Å². The van der Waals surface area contributed by atoms with Crippen molar-refractivity contribution >= 4 is 29.9 Å². The second-order valence-corrected chi connectivity index (χ2v) is 6.32. The topological polar surface area (TPSA) is 50.4 Å². The average molecular weight is 379 g/mol. The summed E-state index contributed by atoms with van der Waals surface area (Å²) in [5.41, 5.74) is 7.37. The third kappa shape index (κ3) is 7.18. The highest BCUT2D eigenvalue weighted by molar-refractivity contribution is 14.0. The van der Waals surface area contributed by atoms with E-state index in [1.807, 2.05) is 6.92 Å². The molecule has 1 fully saturated rings. The Morgan fingerprint density at radius 2 is 1.95 bits per heavy atom. The molecule has 0 spiro atoms. The van der Waals surface area contributed by atoms with Crippen LogP contribution in [-0.4, -0.2) is 19.0 Å². The molecular weight excluding hydrogens is 349 g/mol. The molecule has 0 atom stereocenters. The van der Waals surface area contributed by atoms with E-state index in [0.717, 1.165) is 18.0 Å². The van der Waals surface area contributed by atoms with Gasteiger partial charge in [0, 0.05) is 13.1 Å². The van der Waals surface area contributed by atoms with Crippen LogP contribution in [0.1, 0.15) is 52.9 Å². The van der Waals surface area contributed by atoms with Gasteiger partial charge in [0.15, 0.2) is 5.96 Å². The summed E-state index contributed by atoms with van der Waals surface area (Å²) in [6.07, 6.45) is 6.58. The van der Waals surface area contributed by atoms with E-state index in [9.17, 15) is 0 Å². The Balaban J connectivity index is 0.00000324. The highest BCUT2D eigenvalue weighted by atomic mass is 127. The third-order valence-corrected chi connectivity index (χ3v) is 3.66. The molecule has 0 unspecified atom stereocenters. The smallest absolute Gasteiger partial charge is 0.188 e. The molecule has 3 N–H and O–H groups in total. The largest absolute Gasteiger partial charge is 0.370 e. The molecule has 0 aromatic heterocycles. The Morgan fingerprint density at radius 1 is 1.37 bits per heavy atom. The van der Waals surface area contributed by atoms with Gasteiger partial charge in [0.2, 0.25) is 0 Å². The average Bonchev–Trinajstić information content (AvgIpc) is 2.71. The minimum absolute atomic E-state index is 0. The van der Waals surface area contributed by atoms with Gasteiger partial charge in [-0.2, -0.15) is 0 Å². The van der Waals surface area contributed by atoms with Gasteiger partial charge in [-0.15, -0.1) is 24.0 Å². The summed E-state index contributed by atoms with van der Waals surface area (Å²) >= 11 is 0. The zero-order valence-electron chi connectivity index (χ0n) is 12.7. The molecule has 1 saturated carbocycles. The number of hydrogen-bond donors (Lipinski definition) is 2. The van der Waals surface area contributed by atoms with E-state index in [1.54, 1.807) is 0 Å². The zero-order valence-corrected chi connectivity index (χ0v) is 15.0. The summed E-state index contributed by atoms with van der Waals surface area (Å²) in [7, 11) is 0.